The van der Waals surface area contributed by atoms with Crippen LogP contribution in [0.3, 0.4) is 0 Å². The van der Waals surface area contributed by atoms with Crippen LogP contribution in [-0.2, 0) is 65.4 Å². The van der Waals surface area contributed by atoms with E-state index in [1.165, 1.54) is 135 Å². The Hall–Kier alpha value is -1.94. The van der Waals surface area contributed by atoms with E-state index in [1.54, 1.807) is 0 Å². The Labute approximate surface area is 530 Å². The van der Waals surface area contributed by atoms with Crippen molar-refractivity contribution in [2.24, 2.45) is 17.8 Å². The van der Waals surface area contributed by atoms with Crippen LogP contribution in [0.5, 0.6) is 0 Å². The number of ether oxygens (including phenoxy) is 4. The van der Waals surface area contributed by atoms with Crippen LogP contribution in [-0.4, -0.2) is 96.7 Å². The van der Waals surface area contributed by atoms with E-state index >= 15 is 0 Å². The fraction of sp³-hybridized carbons (Fsp3) is 0.941. The summed E-state index contributed by atoms with van der Waals surface area (Å²) in [6.45, 7) is 11.8. The van der Waals surface area contributed by atoms with E-state index in [-0.39, 0.29) is 25.7 Å². The van der Waals surface area contributed by atoms with Crippen molar-refractivity contribution in [3.8, 4) is 0 Å². The van der Waals surface area contributed by atoms with Crippen molar-refractivity contribution in [1.29, 1.82) is 0 Å². The van der Waals surface area contributed by atoms with E-state index in [0.29, 0.717) is 31.6 Å². The molecule has 0 aromatic heterocycles. The molecule has 19 heteroatoms. The average Bonchev–Trinajstić information content (AvgIpc) is 3.71. The second-order valence-corrected chi connectivity index (χ2v) is 28.4. The first-order valence-corrected chi connectivity index (χ1v) is 38.4. The SMILES string of the molecule is CCCCCCCCCC(=O)OC[C@H](COP(=O)(O)OC[C@H](O)COP(=O)(O)OC[C@@H](COC(=O)CCCCCCCCCCC(C)CC)OC(=O)CCCCCCCCCCCCCCCCC(C)CC)OC(=O)CCCCCCCCCC(C)C. The monoisotopic (exact) mass is 1280 g/mol. The third-order valence-electron chi connectivity index (χ3n) is 16.4. The number of carbonyl (C=O) groups excluding carboxylic acids is 4. The number of carbonyl (C=O) groups is 4. The molecule has 0 aliphatic heterocycles. The first-order valence-electron chi connectivity index (χ1n) is 35.4. The molecule has 0 saturated carbocycles. The number of unbranched alkanes of at least 4 members (excludes halogenated alkanes) is 32. The van der Waals surface area contributed by atoms with Gasteiger partial charge in [-0.3, -0.25) is 37.3 Å². The normalized spacial score (nSPS) is 14.9. The molecule has 87 heavy (non-hydrogen) atoms. The minimum atomic E-state index is -4.95. The van der Waals surface area contributed by atoms with E-state index < -0.39 is 97.5 Å². The van der Waals surface area contributed by atoms with Gasteiger partial charge in [0.2, 0.25) is 0 Å². The minimum absolute atomic E-state index is 0.103. The third-order valence-corrected chi connectivity index (χ3v) is 18.3. The highest BCUT2D eigenvalue weighted by Crippen LogP contribution is 2.45. The number of hydrogen-bond donors (Lipinski definition) is 3. The number of hydrogen-bond acceptors (Lipinski definition) is 15. The maximum atomic E-state index is 13.0. The Balaban J connectivity index is 5.20. The van der Waals surface area contributed by atoms with Crippen molar-refractivity contribution < 1.29 is 80.2 Å². The van der Waals surface area contributed by atoms with Crippen LogP contribution >= 0.6 is 15.6 Å². The summed E-state index contributed by atoms with van der Waals surface area (Å²) in [6.07, 6.45) is 41.8. The van der Waals surface area contributed by atoms with Crippen LogP contribution in [0, 0.1) is 17.8 Å². The molecule has 0 spiro atoms. The second-order valence-electron chi connectivity index (χ2n) is 25.5. The highest BCUT2D eigenvalue weighted by molar-refractivity contribution is 7.47. The molecule has 7 atom stereocenters. The Morgan fingerprint density at radius 1 is 0.333 bits per heavy atom. The van der Waals surface area contributed by atoms with Gasteiger partial charge < -0.3 is 33.8 Å². The van der Waals surface area contributed by atoms with Gasteiger partial charge in [-0.05, 0) is 43.4 Å². The number of rotatable bonds is 66. The predicted octanol–water partition coefficient (Wildman–Crippen LogP) is 19.1. The summed E-state index contributed by atoms with van der Waals surface area (Å²) in [6, 6.07) is 0. The molecule has 0 aromatic rings. The number of phosphoric ester groups is 2. The zero-order valence-corrected chi connectivity index (χ0v) is 58.3. The van der Waals surface area contributed by atoms with Gasteiger partial charge in [0, 0.05) is 25.7 Å². The van der Waals surface area contributed by atoms with Crippen molar-refractivity contribution in [3.63, 3.8) is 0 Å². The quantitative estimate of drug-likeness (QED) is 0.0222. The first kappa shape index (κ1) is 85.1. The molecular formula is C68H132O17P2. The maximum absolute atomic E-state index is 13.0. The van der Waals surface area contributed by atoms with E-state index in [2.05, 4.69) is 48.5 Å². The van der Waals surface area contributed by atoms with Gasteiger partial charge in [-0.2, -0.15) is 0 Å². The van der Waals surface area contributed by atoms with E-state index in [9.17, 15) is 43.2 Å². The Kier molecular flexibility index (Phi) is 57.8. The summed E-state index contributed by atoms with van der Waals surface area (Å²) in [5.74, 6) is 0.183. The molecule has 0 amide bonds. The zero-order chi connectivity index (χ0) is 64.5. The molecule has 0 aliphatic carbocycles. The molecule has 4 unspecified atom stereocenters. The van der Waals surface area contributed by atoms with Crippen LogP contribution < -0.4 is 0 Å². The topological polar surface area (TPSA) is 237 Å². The molecule has 0 rings (SSSR count). The lowest BCUT2D eigenvalue weighted by Gasteiger charge is -2.21. The van der Waals surface area contributed by atoms with Gasteiger partial charge in [0.25, 0.3) is 0 Å². The van der Waals surface area contributed by atoms with Crippen LogP contribution in [0.2, 0.25) is 0 Å². The van der Waals surface area contributed by atoms with E-state index in [1.807, 2.05) is 0 Å². The first-order chi connectivity index (χ1) is 41.8. The minimum Gasteiger partial charge on any atom is -0.462 e. The Morgan fingerprint density at radius 3 is 0.874 bits per heavy atom. The lowest BCUT2D eigenvalue weighted by Crippen LogP contribution is -2.30. The summed E-state index contributed by atoms with van der Waals surface area (Å²) in [5, 5.41) is 10.6. The molecular weight excluding hydrogens is 1150 g/mol. The fourth-order valence-electron chi connectivity index (χ4n) is 10.1. The van der Waals surface area contributed by atoms with Gasteiger partial charge in [0.1, 0.15) is 19.3 Å². The van der Waals surface area contributed by atoms with Crippen LogP contribution in [0.25, 0.3) is 0 Å². The largest absolute Gasteiger partial charge is 0.472 e. The molecule has 0 saturated heterocycles. The number of phosphoric acid groups is 2. The molecule has 17 nitrogen and oxygen atoms in total. The lowest BCUT2D eigenvalue weighted by molar-refractivity contribution is -0.161. The van der Waals surface area contributed by atoms with Gasteiger partial charge in [-0.15, -0.1) is 0 Å². The molecule has 0 aromatic carbocycles. The molecule has 0 fully saturated rings. The van der Waals surface area contributed by atoms with Crippen molar-refractivity contribution in [1.82, 2.24) is 0 Å². The molecule has 516 valence electrons. The van der Waals surface area contributed by atoms with Crippen LogP contribution in [0.4, 0.5) is 0 Å². The van der Waals surface area contributed by atoms with Crippen LogP contribution in [0.15, 0.2) is 0 Å². The third kappa shape index (κ3) is 60.1. The summed E-state index contributed by atoms with van der Waals surface area (Å²) in [7, 11) is -9.89. The highest BCUT2D eigenvalue weighted by atomic mass is 31.2. The standard InChI is InChI=1S/C68H132O17P2/c1-8-11-12-13-25-35-42-49-65(70)78-55-63(85-68(73)52-45-38-31-24-26-32-39-46-59(4)5)57-82-86(74,75)80-53-62(69)54-81-87(76,77)83-58-64(56-79-66(71)50-43-36-29-23-22-28-34-41-48-61(7)10-3)84-67(72)51-44-37-30-21-19-17-15-14-16-18-20-27-33-40-47-60(6)9-2/h59-64,69H,8-58H2,1-7H3,(H,74,75)(H,76,77)/t60?,61?,62-,63+,64+/m0/s1. The summed E-state index contributed by atoms with van der Waals surface area (Å²) >= 11 is 0. The molecule has 0 aliphatic rings. The highest BCUT2D eigenvalue weighted by Gasteiger charge is 2.30. The Morgan fingerprint density at radius 2 is 0.586 bits per heavy atom. The predicted molar refractivity (Wildman–Crippen MR) is 349 cm³/mol. The number of aliphatic hydroxyl groups excluding tert-OH is 1. The second kappa shape index (κ2) is 59.1. The van der Waals surface area contributed by atoms with Crippen LogP contribution in [0.1, 0.15) is 337 Å². The van der Waals surface area contributed by atoms with Gasteiger partial charge in [-0.1, -0.05) is 286 Å². The Bertz CT molecular complexity index is 1720. The zero-order valence-electron chi connectivity index (χ0n) is 56.5. The number of aliphatic hydroxyl groups is 1. The van der Waals surface area contributed by atoms with E-state index in [4.69, 9.17) is 37.0 Å². The molecule has 3 N–H and O–H groups in total. The van der Waals surface area contributed by atoms with Crippen molar-refractivity contribution in [2.45, 2.75) is 356 Å². The molecule has 0 bridgehead atoms. The van der Waals surface area contributed by atoms with Gasteiger partial charge in [0.05, 0.1) is 26.4 Å². The van der Waals surface area contributed by atoms with Crippen molar-refractivity contribution >= 4 is 39.5 Å². The number of esters is 4. The van der Waals surface area contributed by atoms with Gasteiger partial charge >= 0.3 is 39.5 Å². The van der Waals surface area contributed by atoms with Crippen molar-refractivity contribution in [2.75, 3.05) is 39.6 Å². The molecule has 0 heterocycles. The summed E-state index contributed by atoms with van der Waals surface area (Å²) < 4.78 is 68.1. The van der Waals surface area contributed by atoms with Gasteiger partial charge in [0.15, 0.2) is 12.2 Å². The fourth-order valence-corrected chi connectivity index (χ4v) is 11.7. The van der Waals surface area contributed by atoms with Crippen molar-refractivity contribution in [3.05, 3.63) is 0 Å². The lowest BCUT2D eigenvalue weighted by atomic mass is 9.99. The summed E-state index contributed by atoms with van der Waals surface area (Å²) in [5.41, 5.74) is 0. The summed E-state index contributed by atoms with van der Waals surface area (Å²) in [4.78, 5) is 72.3. The maximum Gasteiger partial charge on any atom is 0.472 e. The smallest absolute Gasteiger partial charge is 0.462 e. The average molecular weight is 1280 g/mol. The van der Waals surface area contributed by atoms with Gasteiger partial charge in [-0.25, -0.2) is 9.13 Å². The van der Waals surface area contributed by atoms with E-state index in [0.717, 1.165) is 115 Å². The molecule has 0 radical (unpaired) electrons.